The number of hydrogen-bond donors (Lipinski definition) is 0. The van der Waals surface area contributed by atoms with Gasteiger partial charge in [0.1, 0.15) is 11.0 Å². The highest BCUT2D eigenvalue weighted by atomic mass is 15.4. The summed E-state index contributed by atoms with van der Waals surface area (Å²) in [7, 11) is 0. The third-order valence-corrected chi connectivity index (χ3v) is 1.61. The van der Waals surface area contributed by atoms with Crippen LogP contribution < -0.4 is 0 Å². The molecule has 2 rings (SSSR count). The lowest BCUT2D eigenvalue weighted by atomic mass is 10.4. The van der Waals surface area contributed by atoms with E-state index in [4.69, 9.17) is 0 Å². The van der Waals surface area contributed by atoms with E-state index in [0.717, 1.165) is 16.7 Å². The van der Waals surface area contributed by atoms with Crippen molar-refractivity contribution in [1.82, 2.24) is 20.0 Å². The van der Waals surface area contributed by atoms with Gasteiger partial charge in [0.15, 0.2) is 0 Å². The van der Waals surface area contributed by atoms with Crippen LogP contribution in [0.4, 0.5) is 0 Å². The minimum absolute atomic E-state index is 0.838. The van der Waals surface area contributed by atoms with Crippen molar-refractivity contribution >= 4 is 16.7 Å². The molecule has 0 amide bonds. The largest absolute Gasteiger partial charge is 0.262 e. The average molecular weight is 160 g/mol. The van der Waals surface area contributed by atoms with E-state index in [2.05, 4.69) is 21.9 Å². The van der Waals surface area contributed by atoms with Crippen LogP contribution in [0.3, 0.4) is 0 Å². The molecule has 0 aromatic carbocycles. The summed E-state index contributed by atoms with van der Waals surface area (Å²) in [5, 5.41) is 7.87. The zero-order chi connectivity index (χ0) is 8.55. The van der Waals surface area contributed by atoms with Gasteiger partial charge < -0.3 is 0 Å². The highest BCUT2D eigenvalue weighted by molar-refractivity contribution is 5.75. The van der Waals surface area contributed by atoms with Gasteiger partial charge in [-0.1, -0.05) is 11.8 Å². The Labute approximate surface area is 69.5 Å². The Morgan fingerprint density at radius 1 is 1.58 bits per heavy atom. The molecular weight excluding hydrogens is 152 g/mol. The standard InChI is InChI=1S/C8H8N4/c1-6(2)12-8-5-9-4-3-7(8)10-11-12/h3-5H,1H2,2H3. The highest BCUT2D eigenvalue weighted by Gasteiger charge is 2.02. The van der Waals surface area contributed by atoms with Crippen molar-refractivity contribution in [2.24, 2.45) is 0 Å². The second-order valence-corrected chi connectivity index (χ2v) is 2.60. The molecule has 0 aliphatic carbocycles. The van der Waals surface area contributed by atoms with Gasteiger partial charge in [0, 0.05) is 11.9 Å². The molecule has 0 bridgehead atoms. The predicted molar refractivity (Wildman–Crippen MR) is 46.3 cm³/mol. The van der Waals surface area contributed by atoms with Gasteiger partial charge in [0.05, 0.1) is 6.20 Å². The van der Waals surface area contributed by atoms with Crippen LogP contribution in [0.15, 0.2) is 25.0 Å². The number of aromatic nitrogens is 4. The van der Waals surface area contributed by atoms with E-state index in [9.17, 15) is 0 Å². The van der Waals surface area contributed by atoms with Gasteiger partial charge in [-0.15, -0.1) is 5.10 Å². The molecule has 60 valence electrons. The van der Waals surface area contributed by atoms with Crippen molar-refractivity contribution in [2.45, 2.75) is 6.92 Å². The molecule has 0 radical (unpaired) electrons. The first-order chi connectivity index (χ1) is 5.79. The van der Waals surface area contributed by atoms with Crippen molar-refractivity contribution < 1.29 is 0 Å². The molecule has 2 aromatic heterocycles. The molecule has 2 heterocycles. The maximum Gasteiger partial charge on any atom is 0.116 e. The number of pyridine rings is 1. The Balaban J connectivity index is 2.79. The van der Waals surface area contributed by atoms with Crippen LogP contribution in [0.25, 0.3) is 16.7 Å². The molecule has 0 spiro atoms. The van der Waals surface area contributed by atoms with E-state index in [1.165, 1.54) is 0 Å². The molecule has 0 atom stereocenters. The Hall–Kier alpha value is -1.71. The quantitative estimate of drug-likeness (QED) is 0.631. The van der Waals surface area contributed by atoms with Crippen molar-refractivity contribution in [3.8, 4) is 0 Å². The van der Waals surface area contributed by atoms with Crippen LogP contribution in [-0.2, 0) is 0 Å². The van der Waals surface area contributed by atoms with Gasteiger partial charge in [-0.3, -0.25) is 4.98 Å². The monoisotopic (exact) mass is 160 g/mol. The molecule has 0 saturated heterocycles. The lowest BCUT2D eigenvalue weighted by Gasteiger charge is -1.96. The molecule has 2 aromatic rings. The zero-order valence-electron chi connectivity index (χ0n) is 6.73. The van der Waals surface area contributed by atoms with E-state index >= 15 is 0 Å². The van der Waals surface area contributed by atoms with Crippen molar-refractivity contribution in [3.63, 3.8) is 0 Å². The van der Waals surface area contributed by atoms with Crippen LogP contribution >= 0.6 is 0 Å². The van der Waals surface area contributed by atoms with Gasteiger partial charge in [0.25, 0.3) is 0 Å². The summed E-state index contributed by atoms with van der Waals surface area (Å²) in [5.74, 6) is 0. The molecule has 0 aliphatic heterocycles. The second-order valence-electron chi connectivity index (χ2n) is 2.60. The molecule has 0 N–H and O–H groups in total. The number of hydrogen-bond acceptors (Lipinski definition) is 3. The van der Waals surface area contributed by atoms with E-state index in [-0.39, 0.29) is 0 Å². The molecule has 12 heavy (non-hydrogen) atoms. The van der Waals surface area contributed by atoms with E-state index in [1.54, 1.807) is 17.1 Å². The number of fused-ring (bicyclic) bond motifs is 1. The smallest absolute Gasteiger partial charge is 0.116 e. The fourth-order valence-electron chi connectivity index (χ4n) is 1.05. The molecule has 0 saturated carbocycles. The SMILES string of the molecule is C=C(C)n1nnc2ccncc21. The summed E-state index contributed by atoms with van der Waals surface area (Å²) >= 11 is 0. The Morgan fingerprint density at radius 3 is 3.17 bits per heavy atom. The molecule has 0 unspecified atom stereocenters. The van der Waals surface area contributed by atoms with Crippen molar-refractivity contribution in [2.75, 3.05) is 0 Å². The fourth-order valence-corrected chi connectivity index (χ4v) is 1.05. The predicted octanol–water partition coefficient (Wildman–Crippen LogP) is 1.32. The summed E-state index contributed by atoms with van der Waals surface area (Å²) in [5.41, 5.74) is 2.57. The van der Waals surface area contributed by atoms with Crippen LogP contribution in [0.1, 0.15) is 6.92 Å². The first-order valence-corrected chi connectivity index (χ1v) is 3.60. The summed E-state index contributed by atoms with van der Waals surface area (Å²) in [6.07, 6.45) is 3.42. The maximum absolute atomic E-state index is 3.99. The van der Waals surface area contributed by atoms with Crippen molar-refractivity contribution in [3.05, 3.63) is 25.0 Å². The van der Waals surface area contributed by atoms with E-state index in [0.29, 0.717) is 0 Å². The van der Waals surface area contributed by atoms with E-state index < -0.39 is 0 Å². The van der Waals surface area contributed by atoms with Gasteiger partial charge in [-0.2, -0.15) is 0 Å². The Morgan fingerprint density at radius 2 is 2.42 bits per heavy atom. The van der Waals surface area contributed by atoms with Gasteiger partial charge in [-0.25, -0.2) is 4.68 Å². The van der Waals surface area contributed by atoms with Crippen LogP contribution in [0, 0.1) is 0 Å². The Bertz CT molecular complexity index is 429. The number of rotatable bonds is 1. The molecule has 0 aliphatic rings. The molecule has 0 fully saturated rings. The summed E-state index contributed by atoms with van der Waals surface area (Å²) in [4.78, 5) is 3.99. The van der Waals surface area contributed by atoms with Gasteiger partial charge >= 0.3 is 0 Å². The highest BCUT2D eigenvalue weighted by Crippen LogP contribution is 2.10. The first kappa shape index (κ1) is 6.97. The molecule has 4 nitrogen and oxygen atoms in total. The van der Waals surface area contributed by atoms with Crippen LogP contribution in [0.5, 0.6) is 0 Å². The van der Waals surface area contributed by atoms with Crippen molar-refractivity contribution in [1.29, 1.82) is 0 Å². The summed E-state index contributed by atoms with van der Waals surface area (Å²) < 4.78 is 1.67. The topological polar surface area (TPSA) is 43.6 Å². The molecular formula is C8H8N4. The van der Waals surface area contributed by atoms with Crippen LogP contribution in [0.2, 0.25) is 0 Å². The summed E-state index contributed by atoms with van der Waals surface area (Å²) in [6, 6.07) is 1.82. The fraction of sp³-hybridized carbons (Fsp3) is 0.125. The Kier molecular flexibility index (Phi) is 1.40. The zero-order valence-corrected chi connectivity index (χ0v) is 6.73. The van der Waals surface area contributed by atoms with Gasteiger partial charge in [-0.05, 0) is 13.0 Å². The number of nitrogens with zero attached hydrogens (tertiary/aromatic N) is 4. The minimum atomic E-state index is 0.838. The second kappa shape index (κ2) is 2.41. The van der Waals surface area contributed by atoms with Gasteiger partial charge in [0.2, 0.25) is 0 Å². The first-order valence-electron chi connectivity index (χ1n) is 3.60. The third-order valence-electron chi connectivity index (χ3n) is 1.61. The normalized spacial score (nSPS) is 10.4. The van der Waals surface area contributed by atoms with E-state index in [1.807, 2.05) is 13.0 Å². The molecule has 4 heteroatoms. The lowest BCUT2D eigenvalue weighted by molar-refractivity contribution is 0.836. The lowest BCUT2D eigenvalue weighted by Crippen LogP contribution is -1.94. The number of allylic oxidation sites excluding steroid dienone is 1. The third kappa shape index (κ3) is 0.887. The maximum atomic E-state index is 3.99. The minimum Gasteiger partial charge on any atom is -0.262 e. The summed E-state index contributed by atoms with van der Waals surface area (Å²) in [6.45, 7) is 5.66. The average Bonchev–Trinajstić information content (AvgIpc) is 2.47. The van der Waals surface area contributed by atoms with Crippen LogP contribution in [-0.4, -0.2) is 20.0 Å².